The van der Waals surface area contributed by atoms with Crippen molar-refractivity contribution in [3.8, 4) is 5.75 Å². The molecule has 0 radical (unpaired) electrons. The first-order valence-electron chi connectivity index (χ1n) is 5.99. The van der Waals surface area contributed by atoms with Crippen LogP contribution in [0.3, 0.4) is 0 Å². The van der Waals surface area contributed by atoms with Gasteiger partial charge in [0.15, 0.2) is 0 Å². The lowest BCUT2D eigenvalue weighted by atomic mass is 10.00. The Hall–Kier alpha value is -2.07. The molecule has 0 unspecified atom stereocenters. The highest BCUT2D eigenvalue weighted by molar-refractivity contribution is 5.89. The molecule has 2 aromatic rings. The fourth-order valence-electron chi connectivity index (χ4n) is 2.38. The van der Waals surface area contributed by atoms with E-state index < -0.39 is 0 Å². The average Bonchev–Trinajstić information content (AvgIpc) is 2.38. The summed E-state index contributed by atoms with van der Waals surface area (Å²) in [4.78, 5) is 11.5. The van der Waals surface area contributed by atoms with Gasteiger partial charge in [-0.1, -0.05) is 30.3 Å². The number of carbonyl (C=O) groups excluding carboxylic acids is 1. The molecule has 1 amide bonds. The standard InChI is InChI=1S/C14H14N2O2/c17-11-6-5-9-3-1-2-4-10(9)13(11)14-15-8-7-12(18)16-14/h1-6,14-15,17H,7-8H2,(H,16,18)/t14-/m1/s1. The SMILES string of the molecule is O=C1CCN[C@@H](c2c(O)ccc3ccccc23)N1. The highest BCUT2D eigenvalue weighted by Gasteiger charge is 2.23. The smallest absolute Gasteiger partial charge is 0.222 e. The zero-order valence-electron chi connectivity index (χ0n) is 9.81. The van der Waals surface area contributed by atoms with E-state index >= 15 is 0 Å². The van der Waals surface area contributed by atoms with Gasteiger partial charge in [0.1, 0.15) is 11.9 Å². The van der Waals surface area contributed by atoms with Crippen LogP contribution in [0, 0.1) is 0 Å². The molecule has 1 saturated heterocycles. The van der Waals surface area contributed by atoms with Gasteiger partial charge in [-0.05, 0) is 16.8 Å². The van der Waals surface area contributed by atoms with Crippen LogP contribution in [0.4, 0.5) is 0 Å². The van der Waals surface area contributed by atoms with E-state index in [2.05, 4.69) is 10.6 Å². The second-order valence-corrected chi connectivity index (χ2v) is 4.42. The predicted molar refractivity (Wildman–Crippen MR) is 69.1 cm³/mol. The highest BCUT2D eigenvalue weighted by Crippen LogP contribution is 2.31. The van der Waals surface area contributed by atoms with Crippen molar-refractivity contribution in [2.75, 3.05) is 6.54 Å². The highest BCUT2D eigenvalue weighted by atomic mass is 16.3. The number of fused-ring (bicyclic) bond motifs is 1. The summed E-state index contributed by atoms with van der Waals surface area (Å²) >= 11 is 0. The molecule has 18 heavy (non-hydrogen) atoms. The first kappa shape index (κ1) is 11.0. The Kier molecular flexibility index (Phi) is 2.64. The van der Waals surface area contributed by atoms with E-state index in [-0.39, 0.29) is 17.8 Å². The van der Waals surface area contributed by atoms with Gasteiger partial charge in [-0.2, -0.15) is 0 Å². The Labute approximate surface area is 105 Å². The summed E-state index contributed by atoms with van der Waals surface area (Å²) in [5.41, 5.74) is 0.737. The molecular formula is C14H14N2O2. The van der Waals surface area contributed by atoms with Gasteiger partial charge in [-0.15, -0.1) is 0 Å². The lowest BCUT2D eigenvalue weighted by Crippen LogP contribution is -2.44. The Morgan fingerprint density at radius 3 is 2.83 bits per heavy atom. The first-order chi connectivity index (χ1) is 8.75. The van der Waals surface area contributed by atoms with Crippen LogP contribution < -0.4 is 10.6 Å². The Morgan fingerprint density at radius 2 is 2.00 bits per heavy atom. The van der Waals surface area contributed by atoms with Crippen LogP contribution >= 0.6 is 0 Å². The summed E-state index contributed by atoms with van der Waals surface area (Å²) in [6.45, 7) is 0.624. The Morgan fingerprint density at radius 1 is 1.17 bits per heavy atom. The molecule has 1 fully saturated rings. The molecule has 1 aliphatic heterocycles. The van der Waals surface area contributed by atoms with Gasteiger partial charge in [-0.25, -0.2) is 0 Å². The van der Waals surface area contributed by atoms with Crippen LogP contribution in [-0.2, 0) is 4.79 Å². The van der Waals surface area contributed by atoms with Crippen molar-refractivity contribution >= 4 is 16.7 Å². The van der Waals surface area contributed by atoms with E-state index in [0.717, 1.165) is 16.3 Å². The van der Waals surface area contributed by atoms with E-state index in [1.807, 2.05) is 30.3 Å². The fraction of sp³-hybridized carbons (Fsp3) is 0.214. The lowest BCUT2D eigenvalue weighted by molar-refractivity contribution is -0.123. The van der Waals surface area contributed by atoms with Crippen LogP contribution in [-0.4, -0.2) is 17.6 Å². The molecular weight excluding hydrogens is 228 g/mol. The van der Waals surface area contributed by atoms with E-state index in [4.69, 9.17) is 0 Å². The van der Waals surface area contributed by atoms with Crippen molar-refractivity contribution in [2.45, 2.75) is 12.6 Å². The van der Waals surface area contributed by atoms with E-state index in [0.29, 0.717) is 13.0 Å². The Bertz CT molecular complexity index is 610. The normalized spacial score (nSPS) is 19.8. The summed E-state index contributed by atoms with van der Waals surface area (Å²) in [6.07, 6.45) is 0.152. The molecule has 92 valence electrons. The van der Waals surface area contributed by atoms with Crippen molar-refractivity contribution in [2.24, 2.45) is 0 Å². The van der Waals surface area contributed by atoms with Gasteiger partial charge in [0.05, 0.1) is 0 Å². The number of hydrogen-bond acceptors (Lipinski definition) is 3. The monoisotopic (exact) mass is 242 g/mol. The Balaban J connectivity index is 2.14. The van der Waals surface area contributed by atoms with Crippen LogP contribution in [0.15, 0.2) is 36.4 Å². The number of phenols is 1. The summed E-state index contributed by atoms with van der Waals surface area (Å²) in [5.74, 6) is 0.208. The second-order valence-electron chi connectivity index (χ2n) is 4.42. The van der Waals surface area contributed by atoms with Crippen molar-refractivity contribution in [3.05, 3.63) is 42.0 Å². The maximum absolute atomic E-state index is 11.5. The molecule has 4 heteroatoms. The molecule has 4 nitrogen and oxygen atoms in total. The number of nitrogens with one attached hydrogen (secondary N) is 2. The predicted octanol–water partition coefficient (Wildman–Crippen LogP) is 1.65. The number of hydrogen-bond donors (Lipinski definition) is 3. The summed E-state index contributed by atoms with van der Waals surface area (Å²) in [6, 6.07) is 11.4. The number of amides is 1. The molecule has 1 aliphatic rings. The molecule has 1 heterocycles. The topological polar surface area (TPSA) is 61.4 Å². The fourth-order valence-corrected chi connectivity index (χ4v) is 2.38. The zero-order chi connectivity index (χ0) is 12.5. The largest absolute Gasteiger partial charge is 0.508 e. The number of aromatic hydroxyl groups is 1. The third-order valence-corrected chi connectivity index (χ3v) is 3.24. The van der Waals surface area contributed by atoms with Gasteiger partial charge < -0.3 is 10.4 Å². The maximum Gasteiger partial charge on any atom is 0.222 e. The number of benzene rings is 2. The second kappa shape index (κ2) is 4.31. The van der Waals surface area contributed by atoms with Crippen molar-refractivity contribution in [1.29, 1.82) is 0 Å². The van der Waals surface area contributed by atoms with Gasteiger partial charge in [0.25, 0.3) is 0 Å². The van der Waals surface area contributed by atoms with E-state index in [9.17, 15) is 9.90 Å². The molecule has 0 aliphatic carbocycles. The van der Waals surface area contributed by atoms with Crippen LogP contribution in [0.5, 0.6) is 5.75 Å². The van der Waals surface area contributed by atoms with Gasteiger partial charge >= 0.3 is 0 Å². The minimum absolute atomic E-state index is 0.00563. The molecule has 1 atom stereocenters. The van der Waals surface area contributed by atoms with E-state index in [1.165, 1.54) is 0 Å². The molecule has 0 bridgehead atoms. The van der Waals surface area contributed by atoms with Crippen LogP contribution in [0.2, 0.25) is 0 Å². The summed E-state index contributed by atoms with van der Waals surface area (Å²) < 4.78 is 0. The third-order valence-electron chi connectivity index (χ3n) is 3.24. The lowest BCUT2D eigenvalue weighted by Gasteiger charge is -2.26. The van der Waals surface area contributed by atoms with Crippen molar-refractivity contribution in [1.82, 2.24) is 10.6 Å². The molecule has 2 aromatic carbocycles. The minimum atomic E-state index is -0.322. The maximum atomic E-state index is 11.5. The minimum Gasteiger partial charge on any atom is -0.508 e. The molecule has 3 N–H and O–H groups in total. The average molecular weight is 242 g/mol. The zero-order valence-corrected chi connectivity index (χ0v) is 9.81. The molecule has 3 rings (SSSR count). The number of phenolic OH excluding ortho intramolecular Hbond substituents is 1. The van der Waals surface area contributed by atoms with Gasteiger partial charge in [-0.3, -0.25) is 10.1 Å². The van der Waals surface area contributed by atoms with Crippen LogP contribution in [0.25, 0.3) is 10.8 Å². The molecule has 0 aromatic heterocycles. The van der Waals surface area contributed by atoms with Gasteiger partial charge in [0, 0.05) is 18.5 Å². The third kappa shape index (κ3) is 1.80. The quantitative estimate of drug-likeness (QED) is 0.712. The van der Waals surface area contributed by atoms with Crippen LogP contribution in [0.1, 0.15) is 18.2 Å². The van der Waals surface area contributed by atoms with Crippen molar-refractivity contribution < 1.29 is 9.90 Å². The summed E-state index contributed by atoms with van der Waals surface area (Å²) in [5, 5.41) is 18.1. The van der Waals surface area contributed by atoms with Gasteiger partial charge in [0.2, 0.25) is 5.91 Å². The van der Waals surface area contributed by atoms with Crippen molar-refractivity contribution in [3.63, 3.8) is 0 Å². The number of rotatable bonds is 1. The summed E-state index contributed by atoms with van der Waals surface area (Å²) in [7, 11) is 0. The van der Waals surface area contributed by atoms with E-state index in [1.54, 1.807) is 6.07 Å². The molecule has 0 spiro atoms. The first-order valence-corrected chi connectivity index (χ1v) is 5.99. The molecule has 0 saturated carbocycles. The number of carbonyl (C=O) groups is 1.